The van der Waals surface area contributed by atoms with Gasteiger partial charge in [-0.3, -0.25) is 0 Å². The Morgan fingerprint density at radius 2 is 1.80 bits per heavy atom. The molecule has 20 heavy (non-hydrogen) atoms. The molecule has 0 aromatic heterocycles. The summed E-state index contributed by atoms with van der Waals surface area (Å²) in [6.45, 7) is 2.18. The van der Waals surface area contributed by atoms with E-state index in [2.05, 4.69) is 17.6 Å². The molecule has 0 saturated heterocycles. The lowest BCUT2D eigenvalue weighted by molar-refractivity contribution is 0.117. The summed E-state index contributed by atoms with van der Waals surface area (Å²) in [6.07, 6.45) is 8.08. The molecular formula is C15H28N2O2S. The van der Waals surface area contributed by atoms with Crippen molar-refractivity contribution in [2.24, 2.45) is 0 Å². The predicted molar refractivity (Wildman–Crippen MR) is 84.1 cm³/mol. The number of carbonyl (C=O) groups is 1. The molecule has 2 saturated carbocycles. The number of hydrogen-bond acceptors (Lipinski definition) is 3. The highest BCUT2D eigenvalue weighted by Crippen LogP contribution is 2.28. The van der Waals surface area contributed by atoms with Gasteiger partial charge >= 0.3 is 6.03 Å². The van der Waals surface area contributed by atoms with E-state index in [-0.39, 0.29) is 18.2 Å². The molecule has 4 nitrogen and oxygen atoms in total. The molecule has 0 aromatic rings. The topological polar surface area (TPSA) is 61.4 Å². The first kappa shape index (κ1) is 16.0. The summed E-state index contributed by atoms with van der Waals surface area (Å²) in [4.78, 5) is 12.1. The van der Waals surface area contributed by atoms with E-state index in [1.54, 1.807) is 0 Å². The smallest absolute Gasteiger partial charge is 0.315 e. The first-order chi connectivity index (χ1) is 9.69. The van der Waals surface area contributed by atoms with E-state index in [1.165, 1.54) is 19.3 Å². The summed E-state index contributed by atoms with van der Waals surface area (Å²) >= 11 is 1.97. The second-order valence-electron chi connectivity index (χ2n) is 6.01. The normalized spacial score (nSPS) is 34.5. The monoisotopic (exact) mass is 300 g/mol. The number of thioether (sulfide) groups is 1. The van der Waals surface area contributed by atoms with Crippen LogP contribution in [0.5, 0.6) is 0 Å². The van der Waals surface area contributed by atoms with Crippen LogP contribution in [-0.4, -0.2) is 40.3 Å². The van der Waals surface area contributed by atoms with Crippen molar-refractivity contribution in [3.05, 3.63) is 0 Å². The minimum absolute atomic E-state index is 0.0139. The fourth-order valence-corrected chi connectivity index (χ4v) is 4.49. The average Bonchev–Trinajstić information content (AvgIpc) is 2.44. The van der Waals surface area contributed by atoms with Crippen LogP contribution in [-0.2, 0) is 0 Å². The van der Waals surface area contributed by atoms with Crippen molar-refractivity contribution in [1.29, 1.82) is 0 Å². The Morgan fingerprint density at radius 1 is 1.10 bits per heavy atom. The summed E-state index contributed by atoms with van der Waals surface area (Å²) < 4.78 is 0. The summed E-state index contributed by atoms with van der Waals surface area (Å²) in [5.41, 5.74) is 0. The van der Waals surface area contributed by atoms with Crippen molar-refractivity contribution in [3.8, 4) is 0 Å². The Kier molecular flexibility index (Phi) is 6.49. The van der Waals surface area contributed by atoms with Crippen LogP contribution in [0.4, 0.5) is 4.79 Å². The van der Waals surface area contributed by atoms with Gasteiger partial charge in [-0.2, -0.15) is 11.8 Å². The van der Waals surface area contributed by atoms with Gasteiger partial charge in [-0.1, -0.05) is 19.8 Å². The quantitative estimate of drug-likeness (QED) is 0.748. The lowest BCUT2D eigenvalue weighted by atomic mass is 9.93. The fraction of sp³-hybridized carbons (Fsp3) is 0.933. The molecule has 0 aromatic carbocycles. The van der Waals surface area contributed by atoms with Gasteiger partial charge in [0.05, 0.1) is 6.10 Å². The largest absolute Gasteiger partial charge is 0.393 e. The lowest BCUT2D eigenvalue weighted by Gasteiger charge is -2.33. The molecular weight excluding hydrogens is 272 g/mol. The number of nitrogens with one attached hydrogen (secondary N) is 2. The molecule has 2 atom stereocenters. The van der Waals surface area contributed by atoms with Gasteiger partial charge in [0, 0.05) is 17.3 Å². The summed E-state index contributed by atoms with van der Waals surface area (Å²) in [5.74, 6) is 1.12. The average molecular weight is 300 g/mol. The molecule has 5 heteroatoms. The van der Waals surface area contributed by atoms with Gasteiger partial charge in [0.2, 0.25) is 0 Å². The van der Waals surface area contributed by atoms with Crippen molar-refractivity contribution in [3.63, 3.8) is 0 Å². The Bertz CT molecular complexity index is 304. The number of aliphatic hydroxyl groups is 1. The van der Waals surface area contributed by atoms with E-state index in [1.807, 2.05) is 11.8 Å². The van der Waals surface area contributed by atoms with Gasteiger partial charge < -0.3 is 15.7 Å². The van der Waals surface area contributed by atoms with Crippen molar-refractivity contribution < 1.29 is 9.90 Å². The van der Waals surface area contributed by atoms with Crippen LogP contribution in [0.1, 0.15) is 58.3 Å². The molecule has 0 heterocycles. The second kappa shape index (κ2) is 8.13. The van der Waals surface area contributed by atoms with Crippen LogP contribution in [0.15, 0.2) is 0 Å². The molecule has 2 rings (SSSR count). The van der Waals surface area contributed by atoms with Gasteiger partial charge in [0.25, 0.3) is 0 Å². The van der Waals surface area contributed by atoms with Crippen LogP contribution in [0.3, 0.4) is 0 Å². The molecule has 2 aliphatic carbocycles. The Morgan fingerprint density at radius 3 is 2.50 bits per heavy atom. The number of carbonyl (C=O) groups excluding carboxylic acids is 1. The van der Waals surface area contributed by atoms with Crippen molar-refractivity contribution >= 4 is 17.8 Å². The minimum atomic E-state index is -0.167. The second-order valence-corrected chi connectivity index (χ2v) is 7.52. The SMILES string of the molecule is CCSC1CCCCC1NC(=O)NC1CCC(O)CC1. The molecule has 2 aliphatic rings. The maximum Gasteiger partial charge on any atom is 0.315 e. The maximum absolute atomic E-state index is 12.1. The minimum Gasteiger partial charge on any atom is -0.393 e. The zero-order chi connectivity index (χ0) is 14.4. The summed E-state index contributed by atoms with van der Waals surface area (Å²) in [6, 6.07) is 0.544. The highest BCUT2D eigenvalue weighted by molar-refractivity contribution is 7.99. The third-order valence-corrected chi connectivity index (χ3v) is 5.76. The van der Waals surface area contributed by atoms with Gasteiger partial charge in [0.1, 0.15) is 0 Å². The predicted octanol–water partition coefficient (Wildman–Crippen LogP) is 2.65. The van der Waals surface area contributed by atoms with Crippen LogP contribution in [0.25, 0.3) is 0 Å². The molecule has 2 unspecified atom stereocenters. The lowest BCUT2D eigenvalue weighted by Crippen LogP contribution is -2.51. The van der Waals surface area contributed by atoms with E-state index < -0.39 is 0 Å². The number of amides is 2. The third-order valence-electron chi connectivity index (χ3n) is 4.43. The van der Waals surface area contributed by atoms with E-state index >= 15 is 0 Å². The number of rotatable bonds is 4. The van der Waals surface area contributed by atoms with Crippen LogP contribution < -0.4 is 10.6 Å². The molecule has 0 spiro atoms. The van der Waals surface area contributed by atoms with Gasteiger partial charge in [-0.15, -0.1) is 0 Å². The Balaban J connectivity index is 1.74. The van der Waals surface area contributed by atoms with Crippen molar-refractivity contribution in [2.45, 2.75) is 81.7 Å². The van der Waals surface area contributed by atoms with E-state index in [0.29, 0.717) is 11.3 Å². The molecule has 2 fully saturated rings. The number of aliphatic hydroxyl groups excluding tert-OH is 1. The molecule has 116 valence electrons. The summed E-state index contributed by atoms with van der Waals surface area (Å²) in [7, 11) is 0. The van der Waals surface area contributed by atoms with Gasteiger partial charge in [-0.25, -0.2) is 4.79 Å². The van der Waals surface area contributed by atoms with Crippen LogP contribution in [0, 0.1) is 0 Å². The zero-order valence-corrected chi connectivity index (χ0v) is 13.3. The van der Waals surface area contributed by atoms with E-state index in [9.17, 15) is 9.90 Å². The van der Waals surface area contributed by atoms with Gasteiger partial charge in [-0.05, 0) is 44.3 Å². The number of urea groups is 1. The molecule has 2 amide bonds. The van der Waals surface area contributed by atoms with Gasteiger partial charge in [0.15, 0.2) is 0 Å². The Labute approximate surface area is 126 Å². The highest BCUT2D eigenvalue weighted by Gasteiger charge is 2.27. The maximum atomic E-state index is 12.1. The van der Waals surface area contributed by atoms with Crippen LogP contribution >= 0.6 is 11.8 Å². The van der Waals surface area contributed by atoms with Crippen LogP contribution in [0.2, 0.25) is 0 Å². The van der Waals surface area contributed by atoms with E-state index in [4.69, 9.17) is 0 Å². The third kappa shape index (κ3) is 4.85. The molecule has 3 N–H and O–H groups in total. The first-order valence-electron chi connectivity index (χ1n) is 8.05. The molecule has 0 radical (unpaired) electrons. The first-order valence-corrected chi connectivity index (χ1v) is 9.10. The fourth-order valence-electron chi connectivity index (χ4n) is 3.29. The van der Waals surface area contributed by atoms with Crippen molar-refractivity contribution in [2.75, 3.05) is 5.75 Å². The zero-order valence-electron chi connectivity index (χ0n) is 12.4. The Hall–Kier alpha value is -0.420. The summed E-state index contributed by atoms with van der Waals surface area (Å²) in [5, 5.41) is 16.3. The molecule has 0 bridgehead atoms. The van der Waals surface area contributed by atoms with Crippen molar-refractivity contribution in [1.82, 2.24) is 10.6 Å². The highest BCUT2D eigenvalue weighted by atomic mass is 32.2. The molecule has 0 aliphatic heterocycles. The number of hydrogen-bond donors (Lipinski definition) is 3. The van der Waals surface area contributed by atoms with E-state index in [0.717, 1.165) is 37.9 Å². The standard InChI is InChI=1S/C15H28N2O2S/c1-2-20-14-6-4-3-5-13(14)17-15(19)16-11-7-9-12(18)10-8-11/h11-14,18H,2-10H2,1H3,(H2,16,17,19).